The van der Waals surface area contributed by atoms with E-state index in [0.717, 1.165) is 12.1 Å². The van der Waals surface area contributed by atoms with Crippen molar-refractivity contribution in [2.75, 3.05) is 0 Å². The number of rotatable bonds is 4. The summed E-state index contributed by atoms with van der Waals surface area (Å²) in [5, 5.41) is 18.9. The fraction of sp³-hybridized carbons (Fsp3) is 0.143. The van der Waals surface area contributed by atoms with Crippen LogP contribution in [0.4, 0.5) is 5.69 Å². The smallest absolute Gasteiger partial charge is 0.263 e. The van der Waals surface area contributed by atoms with Crippen molar-refractivity contribution in [3.05, 3.63) is 50.1 Å². The number of benzene rings is 1. The minimum absolute atomic E-state index is 0.572. The Kier molecular flexibility index (Phi) is 3.63. The number of para-hydroxylation sites is 1. The molecule has 0 bridgehead atoms. The van der Waals surface area contributed by atoms with Gasteiger partial charge in [-0.25, -0.2) is 8.42 Å². The third-order valence-corrected chi connectivity index (χ3v) is 3.32. The van der Waals surface area contributed by atoms with E-state index in [4.69, 9.17) is 10.7 Å². The van der Waals surface area contributed by atoms with E-state index in [0.29, 0.717) is 0 Å². The van der Waals surface area contributed by atoms with Crippen LogP contribution in [0.3, 0.4) is 0 Å². The lowest BCUT2D eigenvalue weighted by atomic mass is 10.2. The van der Waals surface area contributed by atoms with Crippen LogP contribution in [0.1, 0.15) is 10.9 Å². The van der Waals surface area contributed by atoms with E-state index in [-0.39, 0.29) is 0 Å². The molecule has 1 aromatic carbocycles. The molecule has 17 heavy (non-hydrogen) atoms. The van der Waals surface area contributed by atoms with E-state index in [2.05, 4.69) is 0 Å². The Balaban J connectivity index is 3.50. The van der Waals surface area contributed by atoms with Crippen LogP contribution >= 0.6 is 10.7 Å². The molecule has 0 aliphatic heterocycles. The highest BCUT2D eigenvalue weighted by Crippen LogP contribution is 2.32. The number of nitro groups is 2. The molecule has 0 aliphatic rings. The average molecular weight is 281 g/mol. The normalized spacial score (nSPS) is 13.0. The summed E-state index contributed by atoms with van der Waals surface area (Å²) in [4.78, 5) is 19.2. The van der Waals surface area contributed by atoms with Gasteiger partial charge in [-0.1, -0.05) is 12.1 Å². The van der Waals surface area contributed by atoms with Crippen molar-refractivity contribution in [1.29, 1.82) is 0 Å². The molecule has 1 rings (SSSR count). The molecule has 1 aromatic rings. The first-order valence-electron chi connectivity index (χ1n) is 4.05. The van der Waals surface area contributed by atoms with E-state index < -0.39 is 35.5 Å². The van der Waals surface area contributed by atoms with Crippen LogP contribution in [0.2, 0.25) is 0 Å². The van der Waals surface area contributed by atoms with Gasteiger partial charge in [-0.2, -0.15) is 0 Å². The summed E-state index contributed by atoms with van der Waals surface area (Å²) < 4.78 is 22.1. The SMILES string of the molecule is O=[N+]([O-])c1ccccc1C([N+](=O)[O-])S(=O)(=O)Cl. The number of halogens is 1. The zero-order chi connectivity index (χ0) is 13.2. The maximum atomic E-state index is 11.0. The molecule has 8 nitrogen and oxygen atoms in total. The second-order valence-corrected chi connectivity index (χ2v) is 5.62. The van der Waals surface area contributed by atoms with Gasteiger partial charge >= 0.3 is 14.4 Å². The lowest BCUT2D eigenvalue weighted by Crippen LogP contribution is -2.18. The highest BCUT2D eigenvalue weighted by Gasteiger charge is 2.41. The van der Waals surface area contributed by atoms with Crippen LogP contribution in [-0.4, -0.2) is 18.3 Å². The summed E-state index contributed by atoms with van der Waals surface area (Å²) in [6.45, 7) is 0. The fourth-order valence-corrected chi connectivity index (χ4v) is 2.42. The first-order chi connectivity index (χ1) is 7.75. The zero-order valence-corrected chi connectivity index (χ0v) is 9.59. The molecule has 92 valence electrons. The van der Waals surface area contributed by atoms with Gasteiger partial charge in [-0.05, 0) is 6.07 Å². The van der Waals surface area contributed by atoms with Crippen molar-refractivity contribution in [1.82, 2.24) is 0 Å². The van der Waals surface area contributed by atoms with Gasteiger partial charge in [0.25, 0.3) is 5.69 Å². The Morgan fingerprint density at radius 2 is 1.71 bits per heavy atom. The Morgan fingerprint density at radius 1 is 1.18 bits per heavy atom. The second kappa shape index (κ2) is 4.63. The van der Waals surface area contributed by atoms with Crippen LogP contribution in [0.5, 0.6) is 0 Å². The van der Waals surface area contributed by atoms with Crippen molar-refractivity contribution in [3.8, 4) is 0 Å². The predicted octanol–water partition coefficient (Wildman–Crippen LogP) is 1.44. The van der Waals surface area contributed by atoms with Crippen molar-refractivity contribution >= 4 is 25.4 Å². The average Bonchev–Trinajstić information content (AvgIpc) is 2.15. The predicted molar refractivity (Wildman–Crippen MR) is 57.6 cm³/mol. The molecule has 0 saturated heterocycles. The topological polar surface area (TPSA) is 120 Å². The first kappa shape index (κ1) is 13.3. The summed E-state index contributed by atoms with van der Waals surface area (Å²) in [5.74, 6) is 0. The van der Waals surface area contributed by atoms with Crippen molar-refractivity contribution in [2.24, 2.45) is 0 Å². The number of nitro benzene ring substituents is 1. The lowest BCUT2D eigenvalue weighted by Gasteiger charge is -2.06. The number of hydrogen-bond donors (Lipinski definition) is 0. The molecule has 0 saturated carbocycles. The van der Waals surface area contributed by atoms with E-state index >= 15 is 0 Å². The van der Waals surface area contributed by atoms with Gasteiger partial charge in [-0.15, -0.1) is 0 Å². The second-order valence-electron chi connectivity index (χ2n) is 2.93. The molecular weight excluding hydrogens is 276 g/mol. The highest BCUT2D eigenvalue weighted by molar-refractivity contribution is 8.13. The molecule has 0 aromatic heterocycles. The standard InChI is InChI=1S/C7H5ClN2O6S/c8-17(15,16)7(10(13)14)5-3-1-2-4-6(5)9(11)12/h1-4,7H. The van der Waals surface area contributed by atoms with Crippen molar-refractivity contribution in [3.63, 3.8) is 0 Å². The van der Waals surface area contributed by atoms with Gasteiger partial charge in [0.1, 0.15) is 5.56 Å². The van der Waals surface area contributed by atoms with Gasteiger partial charge in [-0.3, -0.25) is 20.2 Å². The van der Waals surface area contributed by atoms with E-state index in [1.165, 1.54) is 12.1 Å². The molecule has 0 N–H and O–H groups in total. The maximum absolute atomic E-state index is 11.0. The molecule has 0 heterocycles. The lowest BCUT2D eigenvalue weighted by molar-refractivity contribution is -0.504. The van der Waals surface area contributed by atoms with Gasteiger partial charge in [0.2, 0.25) is 0 Å². The third-order valence-electron chi connectivity index (χ3n) is 1.86. The Morgan fingerprint density at radius 3 is 2.12 bits per heavy atom. The summed E-state index contributed by atoms with van der Waals surface area (Å²) in [5.41, 5.74) is -1.24. The first-order valence-corrected chi connectivity index (χ1v) is 6.42. The highest BCUT2D eigenvalue weighted by atomic mass is 35.7. The van der Waals surface area contributed by atoms with Gasteiger partial charge in [0, 0.05) is 21.7 Å². The maximum Gasteiger partial charge on any atom is 0.355 e. The molecule has 0 amide bonds. The largest absolute Gasteiger partial charge is 0.355 e. The molecule has 0 radical (unpaired) electrons. The minimum Gasteiger partial charge on any atom is -0.263 e. The van der Waals surface area contributed by atoms with E-state index in [1.807, 2.05) is 0 Å². The van der Waals surface area contributed by atoms with E-state index in [1.54, 1.807) is 0 Å². The van der Waals surface area contributed by atoms with Crippen molar-refractivity contribution in [2.45, 2.75) is 5.37 Å². The van der Waals surface area contributed by atoms with Crippen LogP contribution in [-0.2, 0) is 9.05 Å². The fourth-order valence-electron chi connectivity index (χ4n) is 1.23. The van der Waals surface area contributed by atoms with Crippen LogP contribution in [0, 0.1) is 20.2 Å². The van der Waals surface area contributed by atoms with E-state index in [9.17, 15) is 28.6 Å². The van der Waals surface area contributed by atoms with Gasteiger partial charge < -0.3 is 0 Å². The summed E-state index contributed by atoms with van der Waals surface area (Å²) in [6.07, 6.45) is 0. The van der Waals surface area contributed by atoms with Crippen LogP contribution < -0.4 is 0 Å². The summed E-state index contributed by atoms with van der Waals surface area (Å²) in [7, 11) is 0.309. The molecule has 0 spiro atoms. The minimum atomic E-state index is -4.60. The molecule has 1 atom stereocenters. The number of nitrogens with zero attached hydrogens (tertiary/aromatic N) is 2. The number of hydrogen-bond acceptors (Lipinski definition) is 6. The monoisotopic (exact) mass is 280 g/mol. The van der Waals surface area contributed by atoms with Crippen LogP contribution in [0.25, 0.3) is 0 Å². The Bertz CT molecular complexity index is 571. The molecule has 1 unspecified atom stereocenters. The van der Waals surface area contributed by atoms with Crippen LogP contribution in [0.15, 0.2) is 24.3 Å². The Labute approximate surface area is 99.5 Å². The molecule has 10 heteroatoms. The zero-order valence-electron chi connectivity index (χ0n) is 8.02. The third kappa shape index (κ3) is 2.88. The van der Waals surface area contributed by atoms with Gasteiger partial charge in [0.15, 0.2) is 0 Å². The quantitative estimate of drug-likeness (QED) is 0.467. The van der Waals surface area contributed by atoms with Crippen molar-refractivity contribution < 1.29 is 18.3 Å². The molecule has 0 aliphatic carbocycles. The molecular formula is C7H5ClN2O6S. The summed E-state index contributed by atoms with van der Waals surface area (Å²) >= 11 is 0. The van der Waals surface area contributed by atoms with Gasteiger partial charge in [0.05, 0.1) is 4.92 Å². The Hall–Kier alpha value is -1.74. The molecule has 0 fully saturated rings. The summed E-state index contributed by atoms with van der Waals surface area (Å²) in [6, 6.07) is 4.46.